The van der Waals surface area contributed by atoms with E-state index in [0.717, 1.165) is 22.4 Å². The van der Waals surface area contributed by atoms with Crippen LogP contribution >= 0.6 is 23.2 Å². The molecule has 1 amide bonds. The van der Waals surface area contributed by atoms with Crippen LogP contribution < -0.4 is 5.32 Å². The number of carbonyl (C=O) groups excluding carboxylic acids is 1. The van der Waals surface area contributed by atoms with Gasteiger partial charge in [0.2, 0.25) is 5.91 Å². The number of rotatable bonds is 8. The van der Waals surface area contributed by atoms with Crippen LogP contribution in [0.15, 0.2) is 42.5 Å². The summed E-state index contributed by atoms with van der Waals surface area (Å²) in [7, 11) is 1.61. The van der Waals surface area contributed by atoms with Crippen LogP contribution in [0.25, 0.3) is 11.0 Å². The zero-order valence-corrected chi connectivity index (χ0v) is 16.6. The predicted molar refractivity (Wildman–Crippen MR) is 109 cm³/mol. The van der Waals surface area contributed by atoms with Crippen molar-refractivity contribution in [3.05, 3.63) is 63.9 Å². The zero-order valence-electron chi connectivity index (χ0n) is 15.0. The number of imidazole rings is 1. The van der Waals surface area contributed by atoms with E-state index in [0.29, 0.717) is 42.6 Å². The summed E-state index contributed by atoms with van der Waals surface area (Å²) < 4.78 is 7.00. The molecule has 5 nitrogen and oxygen atoms in total. The Kier molecular flexibility index (Phi) is 6.72. The van der Waals surface area contributed by atoms with E-state index in [1.54, 1.807) is 13.2 Å². The van der Waals surface area contributed by atoms with Crippen LogP contribution in [-0.2, 0) is 22.5 Å². The van der Waals surface area contributed by atoms with Gasteiger partial charge in [0.1, 0.15) is 5.82 Å². The molecule has 2 aromatic carbocycles. The molecule has 0 spiro atoms. The fourth-order valence-corrected chi connectivity index (χ4v) is 3.24. The second-order valence-electron chi connectivity index (χ2n) is 6.19. The minimum atomic E-state index is -0.0281. The summed E-state index contributed by atoms with van der Waals surface area (Å²) in [5.41, 5.74) is 2.80. The van der Waals surface area contributed by atoms with Crippen LogP contribution in [0.5, 0.6) is 0 Å². The third-order valence-electron chi connectivity index (χ3n) is 4.27. The van der Waals surface area contributed by atoms with Gasteiger partial charge in [0, 0.05) is 33.0 Å². The van der Waals surface area contributed by atoms with Crippen LogP contribution in [-0.4, -0.2) is 35.7 Å². The smallest absolute Gasteiger partial charge is 0.221 e. The number of nitrogens with one attached hydrogen (secondary N) is 1. The third-order valence-corrected chi connectivity index (χ3v) is 4.99. The van der Waals surface area contributed by atoms with Gasteiger partial charge in [-0.05, 0) is 17.7 Å². The Morgan fingerprint density at radius 3 is 2.67 bits per heavy atom. The van der Waals surface area contributed by atoms with E-state index in [1.807, 2.05) is 28.8 Å². The summed E-state index contributed by atoms with van der Waals surface area (Å²) in [6, 6.07) is 13.7. The molecule has 0 bridgehead atoms. The van der Waals surface area contributed by atoms with Gasteiger partial charge in [-0.3, -0.25) is 4.79 Å². The topological polar surface area (TPSA) is 56.1 Å². The summed E-state index contributed by atoms with van der Waals surface area (Å²) in [6.07, 6.45) is 1.01. The lowest BCUT2D eigenvalue weighted by molar-refractivity contribution is -0.121. The molecule has 1 aromatic heterocycles. The SMILES string of the molecule is COCCNC(=O)CCn1c(Cc2ccccc2)nc2cc(Cl)c(Cl)cc21. The minimum absolute atomic E-state index is 0.0281. The van der Waals surface area contributed by atoms with Gasteiger partial charge in [-0.15, -0.1) is 0 Å². The summed E-state index contributed by atoms with van der Waals surface area (Å²) in [5, 5.41) is 3.78. The third kappa shape index (κ3) is 5.01. The predicted octanol–water partition coefficient (Wildman–Crippen LogP) is 4.09. The molecule has 0 aliphatic rings. The molecule has 0 unspecified atom stereocenters. The summed E-state index contributed by atoms with van der Waals surface area (Å²) in [4.78, 5) is 16.8. The van der Waals surface area contributed by atoms with Crippen molar-refractivity contribution < 1.29 is 9.53 Å². The molecular weight excluding hydrogens is 385 g/mol. The van der Waals surface area contributed by atoms with Crippen molar-refractivity contribution >= 4 is 40.1 Å². The lowest BCUT2D eigenvalue weighted by Crippen LogP contribution is -2.27. The highest BCUT2D eigenvalue weighted by Crippen LogP contribution is 2.29. The Bertz CT molecular complexity index is 926. The van der Waals surface area contributed by atoms with Crippen LogP contribution in [0.2, 0.25) is 10.0 Å². The standard InChI is InChI=1S/C20H21Cl2N3O2/c1-27-10-8-23-20(26)7-9-25-18-13-16(22)15(21)12-17(18)24-19(25)11-14-5-3-2-4-6-14/h2-6,12-13H,7-11H2,1H3,(H,23,26). The van der Waals surface area contributed by atoms with Crippen LogP contribution in [0.1, 0.15) is 17.8 Å². The lowest BCUT2D eigenvalue weighted by atomic mass is 10.1. The minimum Gasteiger partial charge on any atom is -0.383 e. The molecule has 3 aromatic rings. The molecule has 0 atom stereocenters. The number of ether oxygens (including phenoxy) is 1. The molecule has 0 saturated heterocycles. The molecule has 0 radical (unpaired) electrons. The average molecular weight is 406 g/mol. The van der Waals surface area contributed by atoms with E-state index >= 15 is 0 Å². The van der Waals surface area contributed by atoms with Crippen molar-refractivity contribution in [2.75, 3.05) is 20.3 Å². The highest BCUT2D eigenvalue weighted by molar-refractivity contribution is 6.42. The van der Waals surface area contributed by atoms with Gasteiger partial charge in [0.25, 0.3) is 0 Å². The molecule has 0 aliphatic carbocycles. The summed E-state index contributed by atoms with van der Waals surface area (Å²) in [6.45, 7) is 1.50. The summed E-state index contributed by atoms with van der Waals surface area (Å²) >= 11 is 12.4. The highest BCUT2D eigenvalue weighted by atomic mass is 35.5. The van der Waals surface area contributed by atoms with E-state index in [1.165, 1.54) is 0 Å². The molecule has 27 heavy (non-hydrogen) atoms. The number of fused-ring (bicyclic) bond motifs is 1. The number of hydrogen-bond acceptors (Lipinski definition) is 3. The van der Waals surface area contributed by atoms with Crippen molar-refractivity contribution in [1.29, 1.82) is 0 Å². The number of benzene rings is 2. The van der Waals surface area contributed by atoms with E-state index in [-0.39, 0.29) is 5.91 Å². The first-order chi connectivity index (χ1) is 13.1. The molecular formula is C20H21Cl2N3O2. The molecule has 3 rings (SSSR count). The Hall–Kier alpha value is -2.08. The molecule has 0 saturated carbocycles. The van der Waals surface area contributed by atoms with E-state index in [2.05, 4.69) is 17.4 Å². The first-order valence-electron chi connectivity index (χ1n) is 8.72. The van der Waals surface area contributed by atoms with Gasteiger partial charge in [-0.1, -0.05) is 53.5 Å². The summed E-state index contributed by atoms with van der Waals surface area (Å²) in [5.74, 6) is 0.846. The van der Waals surface area contributed by atoms with Gasteiger partial charge in [-0.2, -0.15) is 0 Å². The van der Waals surface area contributed by atoms with Crippen molar-refractivity contribution in [1.82, 2.24) is 14.9 Å². The number of methoxy groups -OCH3 is 1. The van der Waals surface area contributed by atoms with Gasteiger partial charge >= 0.3 is 0 Å². The number of aryl methyl sites for hydroxylation is 1. The Labute approximate surface area is 168 Å². The molecule has 0 fully saturated rings. The second kappa shape index (κ2) is 9.22. The number of halogens is 2. The Morgan fingerprint density at radius 1 is 1.19 bits per heavy atom. The zero-order chi connectivity index (χ0) is 19.2. The van der Waals surface area contributed by atoms with Gasteiger partial charge in [0.05, 0.1) is 27.7 Å². The first kappa shape index (κ1) is 19.7. The van der Waals surface area contributed by atoms with Gasteiger partial charge in [0.15, 0.2) is 0 Å². The largest absolute Gasteiger partial charge is 0.383 e. The van der Waals surface area contributed by atoms with Crippen LogP contribution in [0, 0.1) is 0 Å². The van der Waals surface area contributed by atoms with Gasteiger partial charge in [-0.25, -0.2) is 4.98 Å². The van der Waals surface area contributed by atoms with Crippen molar-refractivity contribution in [3.63, 3.8) is 0 Å². The number of hydrogen-bond donors (Lipinski definition) is 1. The molecule has 0 aliphatic heterocycles. The number of aromatic nitrogens is 2. The van der Waals surface area contributed by atoms with Crippen LogP contribution in [0.4, 0.5) is 0 Å². The van der Waals surface area contributed by atoms with Crippen molar-refractivity contribution in [2.24, 2.45) is 0 Å². The fraction of sp³-hybridized carbons (Fsp3) is 0.300. The lowest BCUT2D eigenvalue weighted by Gasteiger charge is -2.10. The first-order valence-corrected chi connectivity index (χ1v) is 9.48. The fourth-order valence-electron chi connectivity index (χ4n) is 2.93. The normalized spacial score (nSPS) is 11.1. The Morgan fingerprint density at radius 2 is 1.93 bits per heavy atom. The second-order valence-corrected chi connectivity index (χ2v) is 7.00. The maximum Gasteiger partial charge on any atom is 0.221 e. The molecule has 142 valence electrons. The van der Waals surface area contributed by atoms with Crippen LogP contribution in [0.3, 0.4) is 0 Å². The van der Waals surface area contributed by atoms with Crippen molar-refractivity contribution in [3.8, 4) is 0 Å². The van der Waals surface area contributed by atoms with E-state index in [4.69, 9.17) is 32.9 Å². The maximum absolute atomic E-state index is 12.1. The van der Waals surface area contributed by atoms with Gasteiger partial charge < -0.3 is 14.6 Å². The average Bonchev–Trinajstić information content (AvgIpc) is 2.97. The van der Waals surface area contributed by atoms with E-state index < -0.39 is 0 Å². The van der Waals surface area contributed by atoms with Crippen molar-refractivity contribution in [2.45, 2.75) is 19.4 Å². The molecule has 1 heterocycles. The molecule has 7 heteroatoms. The number of amides is 1. The van der Waals surface area contributed by atoms with E-state index in [9.17, 15) is 4.79 Å². The Balaban J connectivity index is 1.86. The number of nitrogens with zero attached hydrogens (tertiary/aromatic N) is 2. The number of carbonyl (C=O) groups is 1. The quantitative estimate of drug-likeness (QED) is 0.574. The monoisotopic (exact) mass is 405 g/mol. The maximum atomic E-state index is 12.1. The molecule has 1 N–H and O–H groups in total. The highest BCUT2D eigenvalue weighted by Gasteiger charge is 2.15.